The molecule has 90 valence electrons. The molecule has 2 aromatic rings. The van der Waals surface area contributed by atoms with Crippen molar-refractivity contribution in [2.75, 3.05) is 0 Å². The summed E-state index contributed by atoms with van der Waals surface area (Å²) in [5, 5.41) is 8.13. The van der Waals surface area contributed by atoms with E-state index in [1.807, 2.05) is 13.0 Å². The van der Waals surface area contributed by atoms with Crippen LogP contribution in [0.5, 0.6) is 0 Å². The molecule has 0 atom stereocenters. The van der Waals surface area contributed by atoms with Gasteiger partial charge < -0.3 is 4.52 Å². The molecule has 0 radical (unpaired) electrons. The van der Waals surface area contributed by atoms with Crippen molar-refractivity contribution in [2.24, 2.45) is 0 Å². The summed E-state index contributed by atoms with van der Waals surface area (Å²) in [5.41, 5.74) is 0.769. The largest absolute Gasteiger partial charge is 0.359 e. The minimum atomic E-state index is -0.0475. The molecule has 3 heterocycles. The Morgan fingerprint density at radius 2 is 2.35 bits per heavy atom. The van der Waals surface area contributed by atoms with E-state index in [0.717, 1.165) is 37.3 Å². The summed E-state index contributed by atoms with van der Waals surface area (Å²) in [6.45, 7) is 3.00. The van der Waals surface area contributed by atoms with Crippen molar-refractivity contribution in [3.8, 4) is 0 Å². The van der Waals surface area contributed by atoms with Gasteiger partial charge in [0.1, 0.15) is 12.4 Å². The molecule has 3 rings (SSSR count). The van der Waals surface area contributed by atoms with Crippen molar-refractivity contribution in [1.82, 2.24) is 19.5 Å². The van der Waals surface area contributed by atoms with Crippen LogP contribution in [-0.4, -0.2) is 19.5 Å². The maximum Gasteiger partial charge on any atom is 0.346 e. The molecule has 6 heteroatoms. The van der Waals surface area contributed by atoms with E-state index < -0.39 is 0 Å². The smallest absolute Gasteiger partial charge is 0.346 e. The van der Waals surface area contributed by atoms with Crippen LogP contribution >= 0.6 is 0 Å². The number of nitrogens with zero attached hydrogens (tertiary/aromatic N) is 4. The molecular weight excluding hydrogens is 220 g/mol. The molecule has 1 aliphatic heterocycles. The maximum atomic E-state index is 12.0. The zero-order valence-corrected chi connectivity index (χ0v) is 9.72. The Labute approximate surface area is 97.8 Å². The second kappa shape index (κ2) is 3.87. The van der Waals surface area contributed by atoms with E-state index in [0.29, 0.717) is 12.3 Å². The Morgan fingerprint density at radius 3 is 3.06 bits per heavy atom. The first-order valence-corrected chi connectivity index (χ1v) is 5.83. The molecule has 6 nitrogen and oxygen atoms in total. The van der Waals surface area contributed by atoms with Gasteiger partial charge in [0, 0.05) is 19.0 Å². The summed E-state index contributed by atoms with van der Waals surface area (Å²) < 4.78 is 8.31. The standard InChI is InChI=1S/C11H14N4O2/c1-8-6-9(17-13-8)7-15-11(16)14-5-3-2-4-10(14)12-15/h6H,2-5,7H2,1H3. The molecular formula is C11H14N4O2. The van der Waals surface area contributed by atoms with Gasteiger partial charge in [0.25, 0.3) is 0 Å². The minimum Gasteiger partial charge on any atom is -0.359 e. The highest BCUT2D eigenvalue weighted by Gasteiger charge is 2.17. The number of hydrogen-bond donors (Lipinski definition) is 0. The summed E-state index contributed by atoms with van der Waals surface area (Å²) in [7, 11) is 0. The molecule has 0 unspecified atom stereocenters. The van der Waals surface area contributed by atoms with E-state index in [1.54, 1.807) is 4.57 Å². The Kier molecular flexibility index (Phi) is 2.35. The van der Waals surface area contributed by atoms with Crippen LogP contribution in [0.15, 0.2) is 15.4 Å². The Bertz CT molecular complexity index is 593. The van der Waals surface area contributed by atoms with Gasteiger partial charge in [-0.1, -0.05) is 5.16 Å². The lowest BCUT2D eigenvalue weighted by molar-refractivity contribution is 0.365. The molecule has 0 N–H and O–H groups in total. The van der Waals surface area contributed by atoms with Gasteiger partial charge in [-0.2, -0.15) is 5.10 Å². The van der Waals surface area contributed by atoms with Crippen LogP contribution in [0.3, 0.4) is 0 Å². The Hall–Kier alpha value is -1.85. The van der Waals surface area contributed by atoms with Crippen molar-refractivity contribution in [3.05, 3.63) is 33.8 Å². The highest BCUT2D eigenvalue weighted by Crippen LogP contribution is 2.10. The maximum absolute atomic E-state index is 12.0. The number of fused-ring (bicyclic) bond motifs is 1. The highest BCUT2D eigenvalue weighted by molar-refractivity contribution is 5.03. The van der Waals surface area contributed by atoms with Crippen LogP contribution in [-0.2, 0) is 19.5 Å². The Balaban J connectivity index is 1.93. The van der Waals surface area contributed by atoms with E-state index >= 15 is 0 Å². The normalized spacial score (nSPS) is 14.9. The monoisotopic (exact) mass is 234 g/mol. The average Bonchev–Trinajstić information content (AvgIpc) is 2.86. The third-order valence-corrected chi connectivity index (χ3v) is 3.01. The lowest BCUT2D eigenvalue weighted by atomic mass is 10.2. The molecule has 0 amide bonds. The molecule has 0 aliphatic carbocycles. The summed E-state index contributed by atoms with van der Waals surface area (Å²) in [5.74, 6) is 1.55. The van der Waals surface area contributed by atoms with Gasteiger partial charge in [0.2, 0.25) is 0 Å². The number of aromatic nitrogens is 4. The molecule has 0 spiro atoms. The van der Waals surface area contributed by atoms with Crippen LogP contribution in [0.4, 0.5) is 0 Å². The predicted octanol–water partition coefficient (Wildman–Crippen LogP) is 0.726. The molecule has 0 aromatic carbocycles. The quantitative estimate of drug-likeness (QED) is 0.768. The van der Waals surface area contributed by atoms with Gasteiger partial charge in [-0.05, 0) is 19.8 Å². The van der Waals surface area contributed by atoms with Crippen LogP contribution < -0.4 is 5.69 Å². The van der Waals surface area contributed by atoms with Crippen LogP contribution in [0, 0.1) is 6.92 Å². The lowest BCUT2D eigenvalue weighted by Gasteiger charge is -2.09. The summed E-state index contributed by atoms with van der Waals surface area (Å²) >= 11 is 0. The average molecular weight is 234 g/mol. The summed E-state index contributed by atoms with van der Waals surface area (Å²) in [4.78, 5) is 12.0. The zero-order chi connectivity index (χ0) is 11.8. The van der Waals surface area contributed by atoms with E-state index in [4.69, 9.17) is 4.52 Å². The van der Waals surface area contributed by atoms with Gasteiger partial charge in [-0.15, -0.1) is 0 Å². The Morgan fingerprint density at radius 1 is 1.47 bits per heavy atom. The van der Waals surface area contributed by atoms with Gasteiger partial charge >= 0.3 is 5.69 Å². The minimum absolute atomic E-state index is 0.0475. The molecule has 1 aliphatic rings. The van der Waals surface area contributed by atoms with Crippen molar-refractivity contribution in [3.63, 3.8) is 0 Å². The van der Waals surface area contributed by atoms with Crippen LogP contribution in [0.25, 0.3) is 0 Å². The first-order valence-electron chi connectivity index (χ1n) is 5.83. The van der Waals surface area contributed by atoms with E-state index in [-0.39, 0.29) is 5.69 Å². The number of rotatable bonds is 2. The third-order valence-electron chi connectivity index (χ3n) is 3.01. The van der Waals surface area contributed by atoms with Gasteiger partial charge in [0.15, 0.2) is 5.76 Å². The molecule has 0 fully saturated rings. The first kappa shape index (κ1) is 10.3. The van der Waals surface area contributed by atoms with Gasteiger partial charge in [0.05, 0.1) is 5.69 Å². The van der Waals surface area contributed by atoms with E-state index in [9.17, 15) is 4.79 Å². The van der Waals surface area contributed by atoms with E-state index in [1.165, 1.54) is 4.68 Å². The topological polar surface area (TPSA) is 65.8 Å². The number of aryl methyl sites for hydroxylation is 2. The highest BCUT2D eigenvalue weighted by atomic mass is 16.5. The van der Waals surface area contributed by atoms with Gasteiger partial charge in [-0.25, -0.2) is 9.48 Å². The van der Waals surface area contributed by atoms with Crippen molar-refractivity contribution in [1.29, 1.82) is 0 Å². The van der Waals surface area contributed by atoms with Crippen molar-refractivity contribution in [2.45, 2.75) is 39.3 Å². The molecule has 2 aromatic heterocycles. The second-order valence-corrected chi connectivity index (χ2v) is 4.40. The van der Waals surface area contributed by atoms with Crippen molar-refractivity contribution < 1.29 is 4.52 Å². The molecule has 0 bridgehead atoms. The lowest BCUT2D eigenvalue weighted by Crippen LogP contribution is -2.27. The van der Waals surface area contributed by atoms with Gasteiger partial charge in [-0.3, -0.25) is 4.57 Å². The molecule has 0 saturated heterocycles. The summed E-state index contributed by atoms with van der Waals surface area (Å²) in [6.07, 6.45) is 3.05. The molecule has 0 saturated carbocycles. The summed E-state index contributed by atoms with van der Waals surface area (Å²) in [6, 6.07) is 1.82. The first-order chi connectivity index (χ1) is 8.24. The fraction of sp³-hybridized carbons (Fsp3) is 0.545. The second-order valence-electron chi connectivity index (χ2n) is 4.40. The van der Waals surface area contributed by atoms with Crippen molar-refractivity contribution >= 4 is 0 Å². The van der Waals surface area contributed by atoms with E-state index in [2.05, 4.69) is 10.3 Å². The fourth-order valence-electron chi connectivity index (χ4n) is 2.19. The zero-order valence-electron chi connectivity index (χ0n) is 9.72. The third kappa shape index (κ3) is 1.79. The fourth-order valence-corrected chi connectivity index (χ4v) is 2.19. The predicted molar refractivity (Wildman–Crippen MR) is 59.8 cm³/mol. The van der Waals surface area contributed by atoms with Crippen LogP contribution in [0.2, 0.25) is 0 Å². The van der Waals surface area contributed by atoms with Crippen LogP contribution in [0.1, 0.15) is 30.1 Å². The molecule has 17 heavy (non-hydrogen) atoms. The SMILES string of the molecule is Cc1cc(Cn2nc3n(c2=O)CCCC3)on1. The number of hydrogen-bond acceptors (Lipinski definition) is 4.